The molecule has 1 aromatic heterocycles. The lowest BCUT2D eigenvalue weighted by Gasteiger charge is -2.10. The smallest absolute Gasteiger partial charge is 0.144 e. The van der Waals surface area contributed by atoms with Gasteiger partial charge in [-0.2, -0.15) is 0 Å². The Morgan fingerprint density at radius 2 is 1.58 bits per heavy atom. The number of ether oxygens (including phenoxy) is 1. The molecule has 0 spiro atoms. The average molecular weight is 420 g/mol. The van der Waals surface area contributed by atoms with Crippen LogP contribution in [0.1, 0.15) is 38.8 Å². The maximum atomic E-state index is 6.15. The highest BCUT2D eigenvalue weighted by atomic mass is 16.5. The maximum absolute atomic E-state index is 6.15. The Labute approximate surface area is 182 Å². The molecule has 31 heavy (non-hydrogen) atoms. The minimum Gasteiger partial charge on any atom is -0.494 e. The van der Waals surface area contributed by atoms with Gasteiger partial charge in [0.25, 0.3) is 0 Å². The van der Waals surface area contributed by atoms with Gasteiger partial charge in [-0.05, 0) is 52.0 Å². The SMILES string of the molecule is COc1ccc(C(N)=NC(C)C)cc1-n1cc(-c2cccc(C(N)=NC(C)C)c2)nn1. The highest BCUT2D eigenvalue weighted by Crippen LogP contribution is 2.26. The summed E-state index contributed by atoms with van der Waals surface area (Å²) in [5.41, 5.74) is 16.2. The first-order valence-corrected chi connectivity index (χ1v) is 10.2. The molecule has 0 aliphatic carbocycles. The van der Waals surface area contributed by atoms with Crippen molar-refractivity contribution in [2.45, 2.75) is 39.8 Å². The number of nitrogens with two attached hydrogens (primary N) is 2. The normalized spacial score (nSPS) is 12.6. The van der Waals surface area contributed by atoms with Crippen molar-refractivity contribution >= 4 is 11.7 Å². The van der Waals surface area contributed by atoms with Crippen molar-refractivity contribution in [1.29, 1.82) is 0 Å². The van der Waals surface area contributed by atoms with E-state index in [-0.39, 0.29) is 12.1 Å². The van der Waals surface area contributed by atoms with Gasteiger partial charge in [-0.1, -0.05) is 23.4 Å². The van der Waals surface area contributed by atoms with Crippen molar-refractivity contribution in [3.05, 3.63) is 59.8 Å². The number of hydrogen-bond donors (Lipinski definition) is 2. The Hall–Kier alpha value is -3.68. The minimum atomic E-state index is 0.0995. The molecule has 3 aromatic rings. The molecule has 0 atom stereocenters. The molecule has 0 fully saturated rings. The third-order valence-corrected chi connectivity index (χ3v) is 4.46. The topological polar surface area (TPSA) is 117 Å². The summed E-state index contributed by atoms with van der Waals surface area (Å²) >= 11 is 0. The fourth-order valence-corrected chi connectivity index (χ4v) is 3.09. The van der Waals surface area contributed by atoms with E-state index in [1.54, 1.807) is 11.8 Å². The molecule has 0 saturated heterocycles. The number of rotatable bonds is 7. The number of aliphatic imine (C=N–C) groups is 2. The first-order valence-electron chi connectivity index (χ1n) is 10.2. The largest absolute Gasteiger partial charge is 0.494 e. The predicted octanol–water partition coefficient (Wildman–Crippen LogP) is 3.17. The molecule has 1 heterocycles. The van der Waals surface area contributed by atoms with E-state index >= 15 is 0 Å². The van der Waals surface area contributed by atoms with Crippen LogP contribution in [-0.2, 0) is 0 Å². The van der Waals surface area contributed by atoms with Gasteiger partial charge in [0.05, 0.1) is 13.3 Å². The third-order valence-electron chi connectivity index (χ3n) is 4.46. The van der Waals surface area contributed by atoms with Crippen LogP contribution >= 0.6 is 0 Å². The highest BCUT2D eigenvalue weighted by Gasteiger charge is 2.13. The number of methoxy groups -OCH3 is 1. The number of hydrogen-bond acceptors (Lipinski definition) is 5. The molecule has 162 valence electrons. The van der Waals surface area contributed by atoms with Crippen molar-refractivity contribution in [3.63, 3.8) is 0 Å². The summed E-state index contributed by atoms with van der Waals surface area (Å²) in [6.45, 7) is 7.94. The average Bonchev–Trinajstić information content (AvgIpc) is 3.22. The second-order valence-electron chi connectivity index (χ2n) is 7.73. The zero-order chi connectivity index (χ0) is 22.5. The molecule has 0 aliphatic heterocycles. The summed E-state index contributed by atoms with van der Waals surface area (Å²) in [4.78, 5) is 8.84. The van der Waals surface area contributed by atoms with Crippen molar-refractivity contribution in [2.75, 3.05) is 7.11 Å². The molecule has 0 amide bonds. The lowest BCUT2D eigenvalue weighted by molar-refractivity contribution is 0.411. The first-order chi connectivity index (χ1) is 14.8. The van der Waals surface area contributed by atoms with Crippen molar-refractivity contribution in [3.8, 4) is 22.7 Å². The van der Waals surface area contributed by atoms with Crippen LogP contribution in [-0.4, -0.2) is 45.9 Å². The molecule has 0 saturated carbocycles. The number of amidine groups is 2. The summed E-state index contributed by atoms with van der Waals surface area (Å²) in [7, 11) is 1.61. The third kappa shape index (κ3) is 5.28. The molecule has 8 nitrogen and oxygen atoms in total. The second kappa shape index (κ2) is 9.42. The molecule has 0 bridgehead atoms. The Morgan fingerprint density at radius 3 is 2.19 bits per heavy atom. The fraction of sp³-hybridized carbons (Fsp3) is 0.304. The standard InChI is InChI=1S/C23H29N7O/c1-14(2)26-22(24)17-8-6-7-16(11-17)19-13-30(29-28-19)20-12-18(9-10-21(20)31-5)23(25)27-15(3)4/h6-15H,1-5H3,(H2,24,26)(H2,25,27). The van der Waals surface area contributed by atoms with E-state index in [4.69, 9.17) is 16.2 Å². The van der Waals surface area contributed by atoms with E-state index in [1.165, 1.54) is 0 Å². The summed E-state index contributed by atoms with van der Waals surface area (Å²) in [5, 5.41) is 8.64. The van der Waals surface area contributed by atoms with Gasteiger partial charge < -0.3 is 16.2 Å². The van der Waals surface area contributed by atoms with E-state index in [2.05, 4.69) is 20.3 Å². The number of aromatic nitrogens is 3. The van der Waals surface area contributed by atoms with E-state index in [0.717, 1.165) is 22.4 Å². The summed E-state index contributed by atoms with van der Waals surface area (Å²) < 4.78 is 7.18. The Bertz CT molecular complexity index is 1110. The Kier molecular flexibility index (Phi) is 6.69. The van der Waals surface area contributed by atoms with Crippen LogP contribution in [0.4, 0.5) is 0 Å². The Morgan fingerprint density at radius 1 is 0.935 bits per heavy atom. The van der Waals surface area contributed by atoms with Gasteiger partial charge in [0.15, 0.2) is 0 Å². The lowest BCUT2D eigenvalue weighted by atomic mass is 10.1. The van der Waals surface area contributed by atoms with Crippen LogP contribution < -0.4 is 16.2 Å². The van der Waals surface area contributed by atoms with Crippen LogP contribution in [0.5, 0.6) is 5.75 Å². The molecule has 2 aromatic carbocycles. The molecule has 0 unspecified atom stereocenters. The van der Waals surface area contributed by atoms with Gasteiger partial charge in [-0.15, -0.1) is 5.10 Å². The molecular formula is C23H29N7O. The molecule has 0 aliphatic rings. The summed E-state index contributed by atoms with van der Waals surface area (Å²) in [5.74, 6) is 1.62. The zero-order valence-electron chi connectivity index (χ0n) is 18.6. The van der Waals surface area contributed by atoms with Crippen molar-refractivity contribution in [1.82, 2.24) is 15.0 Å². The van der Waals surface area contributed by atoms with Crippen LogP contribution in [0.3, 0.4) is 0 Å². The van der Waals surface area contributed by atoms with E-state index in [9.17, 15) is 0 Å². The molecular weight excluding hydrogens is 390 g/mol. The lowest BCUT2D eigenvalue weighted by Crippen LogP contribution is -2.16. The van der Waals surface area contributed by atoms with Crippen LogP contribution in [0.25, 0.3) is 16.9 Å². The van der Waals surface area contributed by atoms with Gasteiger partial charge in [0, 0.05) is 28.8 Å². The summed E-state index contributed by atoms with van der Waals surface area (Å²) in [6, 6.07) is 13.6. The van der Waals surface area contributed by atoms with Crippen LogP contribution in [0.15, 0.2) is 58.6 Å². The van der Waals surface area contributed by atoms with Gasteiger partial charge in [-0.25, -0.2) is 4.68 Å². The van der Waals surface area contributed by atoms with Crippen LogP contribution in [0, 0.1) is 0 Å². The highest BCUT2D eigenvalue weighted by molar-refractivity contribution is 5.99. The van der Waals surface area contributed by atoms with E-state index in [0.29, 0.717) is 23.1 Å². The fourth-order valence-electron chi connectivity index (χ4n) is 3.09. The molecule has 8 heteroatoms. The number of benzene rings is 2. The minimum absolute atomic E-state index is 0.0995. The van der Waals surface area contributed by atoms with Crippen molar-refractivity contribution in [2.24, 2.45) is 21.5 Å². The molecule has 0 radical (unpaired) electrons. The summed E-state index contributed by atoms with van der Waals surface area (Å²) in [6.07, 6.45) is 1.84. The van der Waals surface area contributed by atoms with E-state index in [1.807, 2.05) is 76.4 Å². The van der Waals surface area contributed by atoms with Gasteiger partial charge in [0.2, 0.25) is 0 Å². The van der Waals surface area contributed by atoms with E-state index < -0.39 is 0 Å². The Balaban J connectivity index is 1.99. The second-order valence-corrected chi connectivity index (χ2v) is 7.73. The van der Waals surface area contributed by atoms with Gasteiger partial charge in [0.1, 0.15) is 28.8 Å². The zero-order valence-corrected chi connectivity index (χ0v) is 18.6. The van der Waals surface area contributed by atoms with Crippen molar-refractivity contribution < 1.29 is 4.74 Å². The molecule has 4 N–H and O–H groups in total. The number of nitrogens with zero attached hydrogens (tertiary/aromatic N) is 5. The van der Waals surface area contributed by atoms with Crippen LogP contribution in [0.2, 0.25) is 0 Å². The van der Waals surface area contributed by atoms with Gasteiger partial charge >= 0.3 is 0 Å². The monoisotopic (exact) mass is 419 g/mol. The maximum Gasteiger partial charge on any atom is 0.144 e. The first kappa shape index (κ1) is 22.0. The van der Waals surface area contributed by atoms with Gasteiger partial charge in [-0.3, -0.25) is 9.98 Å². The predicted molar refractivity (Wildman–Crippen MR) is 125 cm³/mol. The molecule has 3 rings (SSSR count). The quantitative estimate of drug-likeness (QED) is 0.451.